The minimum absolute atomic E-state index is 0.0728. The largest absolute Gasteiger partial charge is 0.483 e. The third-order valence-corrected chi connectivity index (χ3v) is 7.75. The van der Waals surface area contributed by atoms with Gasteiger partial charge in [0.05, 0.1) is 0 Å². The Kier molecular flexibility index (Phi) is 14.7. The van der Waals surface area contributed by atoms with Crippen molar-refractivity contribution in [3.8, 4) is 11.5 Å². The smallest absolute Gasteiger partial charge is 0.173 e. The molecule has 0 radical (unpaired) electrons. The van der Waals surface area contributed by atoms with Crippen LogP contribution in [0.3, 0.4) is 0 Å². The number of rotatable bonds is 21. The maximum atomic E-state index is 12.8. The van der Waals surface area contributed by atoms with Crippen molar-refractivity contribution in [2.75, 3.05) is 0 Å². The molecule has 0 aliphatic rings. The van der Waals surface area contributed by atoms with Gasteiger partial charge in [-0.3, -0.25) is 9.59 Å². The first-order valence-electron chi connectivity index (χ1n) is 15.6. The molecule has 0 saturated heterocycles. The number of ether oxygens (including phenoxy) is 2. The monoisotopic (exact) mass is 578 g/mol. The summed E-state index contributed by atoms with van der Waals surface area (Å²) in [5.41, 5.74) is 1.93. The van der Waals surface area contributed by atoms with E-state index < -0.39 is 12.2 Å². The molecular formula is C36H50O6. The Bertz CT molecular complexity index is 1150. The van der Waals surface area contributed by atoms with Gasteiger partial charge < -0.3 is 19.1 Å². The molecule has 0 heterocycles. The van der Waals surface area contributed by atoms with Crippen molar-refractivity contribution < 1.29 is 28.7 Å². The van der Waals surface area contributed by atoms with Gasteiger partial charge in [0, 0.05) is 31.1 Å². The lowest BCUT2D eigenvalue weighted by molar-refractivity contribution is -0.126. The van der Waals surface area contributed by atoms with Crippen LogP contribution in [0, 0.1) is 0 Å². The summed E-state index contributed by atoms with van der Waals surface area (Å²) in [6.45, 7) is 11.4. The quantitative estimate of drug-likeness (QED) is 0.139. The van der Waals surface area contributed by atoms with E-state index >= 15 is 0 Å². The Morgan fingerprint density at radius 1 is 0.619 bits per heavy atom. The van der Waals surface area contributed by atoms with Gasteiger partial charge in [0.25, 0.3) is 0 Å². The lowest BCUT2D eigenvalue weighted by Crippen LogP contribution is -2.27. The van der Waals surface area contributed by atoms with Crippen LogP contribution < -0.4 is 9.47 Å². The van der Waals surface area contributed by atoms with Crippen LogP contribution in [0.1, 0.15) is 123 Å². The number of benzene rings is 2. The molecule has 2 unspecified atom stereocenters. The minimum atomic E-state index is -0.488. The average Bonchev–Trinajstić information content (AvgIpc) is 2.96. The average molecular weight is 579 g/mol. The van der Waals surface area contributed by atoms with E-state index in [9.17, 15) is 19.2 Å². The molecule has 6 nitrogen and oxygen atoms in total. The Labute approximate surface area is 252 Å². The van der Waals surface area contributed by atoms with Gasteiger partial charge in [0.15, 0.2) is 23.8 Å². The maximum absolute atomic E-state index is 12.8. The zero-order valence-electron chi connectivity index (χ0n) is 26.5. The van der Waals surface area contributed by atoms with Crippen LogP contribution in [0.15, 0.2) is 48.5 Å². The van der Waals surface area contributed by atoms with E-state index in [0.717, 1.165) is 30.4 Å². The fourth-order valence-electron chi connectivity index (χ4n) is 4.99. The van der Waals surface area contributed by atoms with Crippen LogP contribution in [-0.4, -0.2) is 35.3 Å². The summed E-state index contributed by atoms with van der Waals surface area (Å²) in [5, 5.41) is 0. The van der Waals surface area contributed by atoms with Gasteiger partial charge in [0.1, 0.15) is 23.1 Å². The number of hydrogen-bond acceptors (Lipinski definition) is 6. The minimum Gasteiger partial charge on any atom is -0.483 e. The van der Waals surface area contributed by atoms with Gasteiger partial charge >= 0.3 is 0 Å². The van der Waals surface area contributed by atoms with Crippen LogP contribution in [0.25, 0.3) is 0 Å². The molecule has 0 N–H and O–H groups in total. The van der Waals surface area contributed by atoms with Crippen molar-refractivity contribution in [3.05, 3.63) is 59.7 Å². The molecule has 6 heteroatoms. The third kappa shape index (κ3) is 11.5. The maximum Gasteiger partial charge on any atom is 0.173 e. The summed E-state index contributed by atoms with van der Waals surface area (Å²) >= 11 is 0. The van der Waals surface area contributed by atoms with E-state index in [2.05, 4.69) is 13.8 Å². The molecule has 0 saturated carbocycles. The van der Waals surface area contributed by atoms with Crippen LogP contribution in [0.2, 0.25) is 0 Å². The van der Waals surface area contributed by atoms with Crippen molar-refractivity contribution >= 4 is 23.1 Å². The first kappa shape index (κ1) is 34.9. The second-order valence-corrected chi connectivity index (χ2v) is 11.8. The van der Waals surface area contributed by atoms with E-state index in [1.807, 2.05) is 62.4 Å². The predicted molar refractivity (Wildman–Crippen MR) is 167 cm³/mol. The molecule has 0 spiro atoms. The zero-order chi connectivity index (χ0) is 31.1. The summed E-state index contributed by atoms with van der Waals surface area (Å²) in [4.78, 5) is 47.7. The SMILES string of the molecule is CCCC(Oc1ccc(C(C)(C)c2ccc(OC(CC)C(=O)CCCCC(C)=O)cc2)cc1)C(=O)CCCCC(C)=O. The van der Waals surface area contributed by atoms with Crippen molar-refractivity contribution in [2.24, 2.45) is 0 Å². The zero-order valence-corrected chi connectivity index (χ0v) is 26.5. The van der Waals surface area contributed by atoms with E-state index in [0.29, 0.717) is 62.9 Å². The van der Waals surface area contributed by atoms with Crippen LogP contribution in [0.4, 0.5) is 0 Å². The van der Waals surface area contributed by atoms with Crippen LogP contribution in [-0.2, 0) is 24.6 Å². The molecule has 0 aliphatic carbocycles. The molecule has 2 aromatic rings. The summed E-state index contributed by atoms with van der Waals surface area (Å²) in [6.07, 6.45) is 5.90. The molecule has 0 aliphatic heterocycles. The van der Waals surface area contributed by atoms with E-state index in [1.165, 1.54) is 0 Å². The molecular weight excluding hydrogens is 528 g/mol. The van der Waals surface area contributed by atoms with Gasteiger partial charge in [0.2, 0.25) is 0 Å². The number of carbonyl (C=O) groups excluding carboxylic acids is 4. The number of hydrogen-bond donors (Lipinski definition) is 0. The molecule has 2 rings (SSSR count). The Hall–Kier alpha value is -3.28. The van der Waals surface area contributed by atoms with Crippen LogP contribution >= 0.6 is 0 Å². The summed E-state index contributed by atoms with van der Waals surface area (Å²) in [5.74, 6) is 1.80. The highest BCUT2D eigenvalue weighted by atomic mass is 16.5. The molecule has 0 aromatic heterocycles. The lowest BCUT2D eigenvalue weighted by atomic mass is 9.78. The fraction of sp³-hybridized carbons (Fsp3) is 0.556. The Morgan fingerprint density at radius 3 is 1.38 bits per heavy atom. The van der Waals surface area contributed by atoms with E-state index in [-0.39, 0.29) is 28.5 Å². The normalized spacial score (nSPS) is 12.8. The van der Waals surface area contributed by atoms with Gasteiger partial charge in [-0.05, 0) is 87.8 Å². The molecule has 230 valence electrons. The Morgan fingerprint density at radius 2 is 1.00 bits per heavy atom. The molecule has 0 bridgehead atoms. The highest BCUT2D eigenvalue weighted by molar-refractivity contribution is 5.84. The third-order valence-electron chi connectivity index (χ3n) is 7.75. The molecule has 0 fully saturated rings. The van der Waals surface area contributed by atoms with Crippen LogP contribution in [0.5, 0.6) is 11.5 Å². The highest BCUT2D eigenvalue weighted by Crippen LogP contribution is 2.34. The van der Waals surface area contributed by atoms with Gasteiger partial charge in [-0.15, -0.1) is 0 Å². The highest BCUT2D eigenvalue weighted by Gasteiger charge is 2.25. The number of Topliss-reactive ketones (excluding diaryl/α,β-unsaturated/α-hetero) is 4. The standard InChI is InChI=1S/C36H50O6/c1-7-13-35(33(40)17-12-10-15-27(4)38)42-31-24-20-29(21-25-31)36(5,6)28-18-22-30(23-19-28)41-34(8-2)32(39)16-11-9-14-26(3)37/h18-25,34-35H,7-17H2,1-6H3. The number of carbonyl (C=O) groups is 4. The lowest BCUT2D eigenvalue weighted by Gasteiger charge is -2.27. The predicted octanol–water partition coefficient (Wildman–Crippen LogP) is 8.15. The van der Waals surface area contributed by atoms with Gasteiger partial charge in [-0.25, -0.2) is 0 Å². The molecule has 2 aromatic carbocycles. The van der Waals surface area contributed by atoms with Crippen molar-refractivity contribution in [1.82, 2.24) is 0 Å². The van der Waals surface area contributed by atoms with Crippen molar-refractivity contribution in [1.29, 1.82) is 0 Å². The molecule has 42 heavy (non-hydrogen) atoms. The topological polar surface area (TPSA) is 86.7 Å². The van der Waals surface area contributed by atoms with Crippen molar-refractivity contribution in [2.45, 2.75) is 130 Å². The summed E-state index contributed by atoms with van der Waals surface area (Å²) in [7, 11) is 0. The van der Waals surface area contributed by atoms with Gasteiger partial charge in [-0.1, -0.05) is 58.4 Å². The summed E-state index contributed by atoms with van der Waals surface area (Å²) < 4.78 is 12.2. The first-order chi connectivity index (χ1) is 20.0. The van der Waals surface area contributed by atoms with E-state index in [4.69, 9.17) is 9.47 Å². The van der Waals surface area contributed by atoms with Crippen molar-refractivity contribution in [3.63, 3.8) is 0 Å². The van der Waals surface area contributed by atoms with Gasteiger partial charge in [-0.2, -0.15) is 0 Å². The molecule has 2 atom stereocenters. The number of ketones is 4. The summed E-state index contributed by atoms with van der Waals surface area (Å²) in [6, 6.07) is 15.8. The fourth-order valence-corrected chi connectivity index (χ4v) is 4.99. The second kappa shape index (κ2) is 17.6. The second-order valence-electron chi connectivity index (χ2n) is 11.8. The molecule has 0 amide bonds. The van der Waals surface area contributed by atoms with E-state index in [1.54, 1.807) is 13.8 Å². The Balaban J connectivity index is 2.00. The first-order valence-corrected chi connectivity index (χ1v) is 15.6. The number of unbranched alkanes of at least 4 members (excludes halogenated alkanes) is 2.